The van der Waals surface area contributed by atoms with E-state index >= 15 is 0 Å². The van der Waals surface area contributed by atoms with Crippen molar-refractivity contribution in [3.05, 3.63) is 83.6 Å². The minimum atomic E-state index is -0.853. The molecule has 9 nitrogen and oxygen atoms in total. The third-order valence-corrected chi connectivity index (χ3v) is 5.53. The molecule has 37 heavy (non-hydrogen) atoms. The number of methoxy groups -OCH3 is 1. The molecule has 0 aliphatic carbocycles. The van der Waals surface area contributed by atoms with Gasteiger partial charge in [-0.25, -0.2) is 27.6 Å². The Kier molecular flexibility index (Phi) is 6.30. The van der Waals surface area contributed by atoms with Gasteiger partial charge in [0.15, 0.2) is 0 Å². The summed E-state index contributed by atoms with van der Waals surface area (Å²) >= 11 is 0. The number of aromatic nitrogens is 6. The molecule has 5 aromatic rings. The SMILES string of the molecule is CCOC(=O)c1cnn(-c2nc(OC)c3c(cnn3Cc3ccc(-c4c(F)cccc4F)c(F)c3)n2)c1. The first-order valence-electron chi connectivity index (χ1n) is 11.1. The molecule has 0 fully saturated rings. The Bertz CT molecular complexity index is 1610. The van der Waals surface area contributed by atoms with E-state index in [1.807, 2.05) is 0 Å². The topological polar surface area (TPSA) is 97.0 Å². The van der Waals surface area contributed by atoms with Crippen molar-refractivity contribution in [1.29, 1.82) is 0 Å². The van der Waals surface area contributed by atoms with Gasteiger partial charge in [0.1, 0.15) is 28.5 Å². The highest BCUT2D eigenvalue weighted by Gasteiger charge is 2.19. The van der Waals surface area contributed by atoms with Crippen LogP contribution >= 0.6 is 0 Å². The number of nitrogens with zero attached hydrogens (tertiary/aromatic N) is 6. The van der Waals surface area contributed by atoms with E-state index in [0.29, 0.717) is 16.6 Å². The molecular formula is C25H19F3N6O3. The smallest absolute Gasteiger partial charge is 0.341 e. The third-order valence-electron chi connectivity index (χ3n) is 5.53. The number of fused-ring (bicyclic) bond motifs is 1. The summed E-state index contributed by atoms with van der Waals surface area (Å²) in [6.45, 7) is 2.04. The molecule has 0 unspecified atom stereocenters. The van der Waals surface area contributed by atoms with E-state index in [1.165, 1.54) is 53.3 Å². The number of hydrogen-bond donors (Lipinski definition) is 0. The monoisotopic (exact) mass is 508 g/mol. The van der Waals surface area contributed by atoms with Crippen molar-refractivity contribution < 1.29 is 27.4 Å². The fourth-order valence-corrected chi connectivity index (χ4v) is 3.86. The maximum atomic E-state index is 14.9. The minimum Gasteiger partial charge on any atom is -0.479 e. The zero-order chi connectivity index (χ0) is 26.1. The Hall–Kier alpha value is -4.74. The van der Waals surface area contributed by atoms with Crippen molar-refractivity contribution in [1.82, 2.24) is 29.5 Å². The summed E-state index contributed by atoms with van der Waals surface area (Å²) in [5.74, 6) is -2.69. The van der Waals surface area contributed by atoms with E-state index in [-0.39, 0.29) is 36.1 Å². The van der Waals surface area contributed by atoms with Crippen molar-refractivity contribution in [2.24, 2.45) is 0 Å². The maximum absolute atomic E-state index is 14.9. The number of esters is 1. The predicted octanol–water partition coefficient (Wildman–Crippen LogP) is 4.33. The third kappa shape index (κ3) is 4.48. The summed E-state index contributed by atoms with van der Waals surface area (Å²) < 4.78 is 56.4. The maximum Gasteiger partial charge on any atom is 0.341 e. The number of benzene rings is 2. The standard InChI is InChI=1S/C25H19F3N6O3/c1-3-37-24(35)15-10-29-34(13-15)25-31-20-11-30-33(22(20)23(32-25)36-2)12-14-7-8-16(19(28)9-14)21-17(26)5-4-6-18(21)27/h4-11,13H,3,12H2,1-2H3. The average Bonchev–Trinajstić information content (AvgIpc) is 3.53. The van der Waals surface area contributed by atoms with Gasteiger partial charge >= 0.3 is 5.97 Å². The van der Waals surface area contributed by atoms with E-state index in [1.54, 1.807) is 13.0 Å². The zero-order valence-corrected chi connectivity index (χ0v) is 19.7. The van der Waals surface area contributed by atoms with Gasteiger partial charge in [0.05, 0.1) is 43.8 Å². The van der Waals surface area contributed by atoms with Crippen LogP contribution in [-0.4, -0.2) is 49.2 Å². The van der Waals surface area contributed by atoms with E-state index in [2.05, 4.69) is 20.2 Å². The molecule has 0 amide bonds. The van der Waals surface area contributed by atoms with Crippen molar-refractivity contribution >= 4 is 17.0 Å². The molecule has 3 aromatic heterocycles. The second-order valence-electron chi connectivity index (χ2n) is 7.87. The summed E-state index contributed by atoms with van der Waals surface area (Å²) in [7, 11) is 1.42. The van der Waals surface area contributed by atoms with Crippen LogP contribution in [0.15, 0.2) is 55.0 Å². The first-order chi connectivity index (χ1) is 17.9. The predicted molar refractivity (Wildman–Crippen MR) is 126 cm³/mol. The molecule has 0 spiro atoms. The van der Waals surface area contributed by atoms with Gasteiger partial charge in [0.25, 0.3) is 5.95 Å². The van der Waals surface area contributed by atoms with Gasteiger partial charge in [0, 0.05) is 11.8 Å². The summed E-state index contributed by atoms with van der Waals surface area (Å²) in [6, 6.07) is 7.43. The molecule has 12 heteroatoms. The second kappa shape index (κ2) is 9.72. The molecule has 0 saturated heterocycles. The number of carbonyl (C=O) groups is 1. The van der Waals surface area contributed by atoms with Crippen LogP contribution in [0.25, 0.3) is 28.1 Å². The molecule has 0 atom stereocenters. The molecule has 0 saturated carbocycles. The number of ether oxygens (including phenoxy) is 2. The van der Waals surface area contributed by atoms with Crippen LogP contribution in [0.3, 0.4) is 0 Å². The lowest BCUT2D eigenvalue weighted by Crippen LogP contribution is -2.07. The van der Waals surface area contributed by atoms with Gasteiger partial charge in [-0.1, -0.05) is 18.2 Å². The van der Waals surface area contributed by atoms with Gasteiger partial charge in [-0.2, -0.15) is 15.2 Å². The summed E-state index contributed by atoms with van der Waals surface area (Å²) in [5, 5.41) is 8.43. The summed E-state index contributed by atoms with van der Waals surface area (Å²) in [5.41, 5.74) is 0.968. The van der Waals surface area contributed by atoms with Crippen LogP contribution in [-0.2, 0) is 11.3 Å². The Labute approximate surface area is 208 Å². The van der Waals surface area contributed by atoms with E-state index in [9.17, 15) is 18.0 Å². The fourth-order valence-electron chi connectivity index (χ4n) is 3.86. The molecule has 0 radical (unpaired) electrons. The quantitative estimate of drug-likeness (QED) is 0.302. The lowest BCUT2D eigenvalue weighted by molar-refractivity contribution is 0.0526. The zero-order valence-electron chi connectivity index (χ0n) is 19.7. The molecule has 0 aliphatic rings. The Morgan fingerprint density at radius 3 is 2.49 bits per heavy atom. The van der Waals surface area contributed by atoms with Gasteiger partial charge in [-0.05, 0) is 30.7 Å². The van der Waals surface area contributed by atoms with E-state index in [4.69, 9.17) is 9.47 Å². The lowest BCUT2D eigenvalue weighted by atomic mass is 10.0. The lowest BCUT2D eigenvalue weighted by Gasteiger charge is -2.10. The molecule has 5 rings (SSSR count). The highest BCUT2D eigenvalue weighted by molar-refractivity contribution is 5.88. The molecule has 0 bridgehead atoms. The van der Waals surface area contributed by atoms with Gasteiger partial charge < -0.3 is 9.47 Å². The average molecular weight is 508 g/mol. The largest absolute Gasteiger partial charge is 0.479 e. The van der Waals surface area contributed by atoms with Crippen LogP contribution in [0.2, 0.25) is 0 Å². The summed E-state index contributed by atoms with van der Waals surface area (Å²) in [4.78, 5) is 20.8. The van der Waals surface area contributed by atoms with Crippen LogP contribution in [0, 0.1) is 17.5 Å². The van der Waals surface area contributed by atoms with E-state index < -0.39 is 29.0 Å². The Morgan fingerprint density at radius 2 is 1.78 bits per heavy atom. The molecule has 3 heterocycles. The van der Waals surface area contributed by atoms with Gasteiger partial charge in [-0.15, -0.1) is 0 Å². The van der Waals surface area contributed by atoms with Gasteiger partial charge in [0.2, 0.25) is 5.88 Å². The summed E-state index contributed by atoms with van der Waals surface area (Å²) in [6.07, 6.45) is 4.26. The number of halogens is 3. The van der Waals surface area contributed by atoms with Crippen LogP contribution < -0.4 is 4.74 Å². The van der Waals surface area contributed by atoms with Crippen molar-refractivity contribution in [3.8, 4) is 23.0 Å². The van der Waals surface area contributed by atoms with Crippen LogP contribution in [0.1, 0.15) is 22.8 Å². The van der Waals surface area contributed by atoms with E-state index in [0.717, 1.165) is 12.1 Å². The Morgan fingerprint density at radius 1 is 1.00 bits per heavy atom. The van der Waals surface area contributed by atoms with Gasteiger partial charge in [-0.3, -0.25) is 4.68 Å². The molecular weight excluding hydrogens is 489 g/mol. The molecule has 0 N–H and O–H groups in total. The molecule has 2 aromatic carbocycles. The first kappa shape index (κ1) is 24.0. The van der Waals surface area contributed by atoms with Crippen molar-refractivity contribution in [3.63, 3.8) is 0 Å². The number of carbonyl (C=O) groups excluding carboxylic acids is 1. The first-order valence-corrected chi connectivity index (χ1v) is 11.1. The minimum absolute atomic E-state index is 0.105. The normalized spacial score (nSPS) is 11.2. The fraction of sp³-hybridized carbons (Fsp3) is 0.160. The number of rotatable bonds is 7. The molecule has 0 aliphatic heterocycles. The van der Waals surface area contributed by atoms with Crippen LogP contribution in [0.5, 0.6) is 5.88 Å². The number of hydrogen-bond acceptors (Lipinski definition) is 7. The highest BCUT2D eigenvalue weighted by atomic mass is 19.1. The molecule has 188 valence electrons. The van der Waals surface area contributed by atoms with Crippen LogP contribution in [0.4, 0.5) is 13.2 Å². The Balaban J connectivity index is 1.47. The highest BCUT2D eigenvalue weighted by Crippen LogP contribution is 2.30. The van der Waals surface area contributed by atoms with Crippen molar-refractivity contribution in [2.45, 2.75) is 13.5 Å². The second-order valence-corrected chi connectivity index (χ2v) is 7.87. The van der Waals surface area contributed by atoms with Crippen molar-refractivity contribution in [2.75, 3.05) is 13.7 Å².